The van der Waals surface area contributed by atoms with E-state index in [1.807, 2.05) is 42.5 Å². The van der Waals surface area contributed by atoms with Gasteiger partial charge in [-0.2, -0.15) is 0 Å². The average Bonchev–Trinajstić information content (AvgIpc) is 3.47. The van der Waals surface area contributed by atoms with E-state index in [1.54, 1.807) is 0 Å². The lowest BCUT2D eigenvalue weighted by Crippen LogP contribution is -1.86. The molecule has 0 radical (unpaired) electrons. The van der Waals surface area contributed by atoms with E-state index in [1.165, 1.54) is 0 Å². The number of fused-ring (bicyclic) bond motifs is 10. The molecular weight excluding hydrogens is 487 g/mol. The van der Waals surface area contributed by atoms with Gasteiger partial charge in [0.05, 0.1) is 5.02 Å². The lowest BCUT2D eigenvalue weighted by atomic mass is 9.91. The van der Waals surface area contributed by atoms with Crippen LogP contribution in [0.5, 0.6) is 0 Å². The minimum atomic E-state index is 0.686. The Balaban J connectivity index is 1.58. The normalized spacial score (nSPS) is 12.2. The molecule has 2 aromatic heterocycles. The number of benzene rings is 6. The van der Waals surface area contributed by atoms with E-state index >= 15 is 0 Å². The van der Waals surface area contributed by atoms with Gasteiger partial charge in [0.2, 0.25) is 0 Å². The molecule has 0 aliphatic carbocycles. The molecule has 0 bridgehead atoms. The van der Waals surface area contributed by atoms with Crippen molar-refractivity contribution in [3.05, 3.63) is 107 Å². The molecule has 170 valence electrons. The summed E-state index contributed by atoms with van der Waals surface area (Å²) in [6.07, 6.45) is 0. The van der Waals surface area contributed by atoms with Crippen molar-refractivity contribution in [2.24, 2.45) is 0 Å². The van der Waals surface area contributed by atoms with Crippen LogP contribution in [0, 0.1) is 0 Å². The third-order valence-electron chi connectivity index (χ3n) is 7.18. The molecule has 8 aromatic rings. The molecule has 0 aliphatic heterocycles. The lowest BCUT2D eigenvalue weighted by molar-refractivity contribution is 0.672. The molecule has 0 spiro atoms. The molecule has 4 heteroatoms. The summed E-state index contributed by atoms with van der Waals surface area (Å²) < 4.78 is 12.8. The van der Waals surface area contributed by atoms with Crippen molar-refractivity contribution in [3.63, 3.8) is 0 Å². The second-order valence-corrected chi connectivity index (χ2v) is 9.99. The molecule has 0 saturated heterocycles. The zero-order valence-electron chi connectivity index (χ0n) is 18.8. The monoisotopic (exact) mass is 502 g/mol. The summed E-state index contributed by atoms with van der Waals surface area (Å²) in [6.45, 7) is 0. The highest BCUT2D eigenvalue weighted by Gasteiger charge is 2.19. The number of halogens is 2. The highest BCUT2D eigenvalue weighted by molar-refractivity contribution is 6.38. The first-order chi connectivity index (χ1) is 17.7. The Labute approximate surface area is 215 Å². The van der Waals surface area contributed by atoms with Crippen LogP contribution >= 0.6 is 23.2 Å². The summed E-state index contributed by atoms with van der Waals surface area (Å²) >= 11 is 13.0. The first kappa shape index (κ1) is 20.2. The van der Waals surface area contributed by atoms with Crippen molar-refractivity contribution in [2.45, 2.75) is 0 Å². The van der Waals surface area contributed by atoms with Gasteiger partial charge in [0.1, 0.15) is 22.3 Å². The van der Waals surface area contributed by atoms with Crippen LogP contribution in [0.1, 0.15) is 0 Å². The van der Waals surface area contributed by atoms with E-state index < -0.39 is 0 Å². The molecule has 2 nitrogen and oxygen atoms in total. The maximum Gasteiger partial charge on any atom is 0.143 e. The molecule has 2 heterocycles. The molecule has 0 saturated carbocycles. The minimum Gasteiger partial charge on any atom is -0.455 e. The van der Waals surface area contributed by atoms with E-state index in [2.05, 4.69) is 54.6 Å². The summed E-state index contributed by atoms with van der Waals surface area (Å²) in [5.74, 6) is 0. The van der Waals surface area contributed by atoms with Gasteiger partial charge >= 0.3 is 0 Å². The van der Waals surface area contributed by atoms with Crippen LogP contribution in [-0.4, -0.2) is 0 Å². The third-order valence-corrected chi connectivity index (χ3v) is 7.73. The zero-order valence-corrected chi connectivity index (χ0v) is 20.3. The van der Waals surface area contributed by atoms with Crippen LogP contribution < -0.4 is 0 Å². The van der Waals surface area contributed by atoms with Gasteiger partial charge in [-0.25, -0.2) is 0 Å². The van der Waals surface area contributed by atoms with Crippen molar-refractivity contribution >= 4 is 88.6 Å². The van der Waals surface area contributed by atoms with Crippen LogP contribution in [0.2, 0.25) is 10.0 Å². The predicted octanol–water partition coefficient (Wildman–Crippen LogP) is 10.8. The van der Waals surface area contributed by atoms with Crippen molar-refractivity contribution in [1.29, 1.82) is 0 Å². The summed E-state index contributed by atoms with van der Waals surface area (Å²) in [7, 11) is 0. The van der Waals surface area contributed by atoms with Gasteiger partial charge in [-0.15, -0.1) is 0 Å². The highest BCUT2D eigenvalue weighted by Crippen LogP contribution is 2.45. The summed E-state index contributed by atoms with van der Waals surface area (Å²) in [6, 6.07) is 32.8. The summed E-state index contributed by atoms with van der Waals surface area (Å²) in [5, 5.41) is 9.74. The third kappa shape index (κ3) is 2.69. The fourth-order valence-corrected chi connectivity index (χ4v) is 6.07. The number of rotatable bonds is 1. The molecule has 6 aromatic carbocycles. The molecule has 0 amide bonds. The maximum atomic E-state index is 6.60. The number of furan rings is 2. The van der Waals surface area contributed by atoms with Gasteiger partial charge in [0.15, 0.2) is 0 Å². The number of hydrogen-bond donors (Lipinski definition) is 0. The van der Waals surface area contributed by atoms with Gasteiger partial charge in [-0.3, -0.25) is 0 Å². The Morgan fingerprint density at radius 1 is 0.472 bits per heavy atom. The molecule has 0 unspecified atom stereocenters. The van der Waals surface area contributed by atoms with Crippen LogP contribution in [-0.2, 0) is 0 Å². The SMILES string of the molecule is Clc1ccc2oc3c4ccccc4c(-c4cccc5ccc6c(oc7cccc(Cl)c76)c45)cc3c2c1. The van der Waals surface area contributed by atoms with Crippen molar-refractivity contribution in [1.82, 2.24) is 0 Å². The van der Waals surface area contributed by atoms with Gasteiger partial charge in [-0.1, -0.05) is 77.8 Å². The molecular formula is C32H16Cl2O2. The first-order valence-corrected chi connectivity index (χ1v) is 12.5. The van der Waals surface area contributed by atoms with Gasteiger partial charge in [-0.05, 0) is 64.4 Å². The largest absolute Gasteiger partial charge is 0.455 e. The fraction of sp³-hybridized carbons (Fsp3) is 0. The second-order valence-electron chi connectivity index (χ2n) is 9.15. The number of hydrogen-bond acceptors (Lipinski definition) is 2. The Hall–Kier alpha value is -3.98. The quantitative estimate of drug-likeness (QED) is 0.223. The Bertz CT molecular complexity index is 2180. The first-order valence-electron chi connectivity index (χ1n) is 11.7. The molecule has 0 fully saturated rings. The van der Waals surface area contributed by atoms with Crippen molar-refractivity contribution < 1.29 is 8.83 Å². The Kier molecular flexibility index (Phi) is 4.09. The predicted molar refractivity (Wildman–Crippen MR) is 151 cm³/mol. The second kappa shape index (κ2) is 7.27. The molecule has 0 aliphatic rings. The van der Waals surface area contributed by atoms with Crippen molar-refractivity contribution in [2.75, 3.05) is 0 Å². The smallest absolute Gasteiger partial charge is 0.143 e. The molecule has 8 rings (SSSR count). The Morgan fingerprint density at radius 2 is 1.31 bits per heavy atom. The highest BCUT2D eigenvalue weighted by atomic mass is 35.5. The van der Waals surface area contributed by atoms with Gasteiger partial charge < -0.3 is 8.83 Å². The fourth-order valence-electron chi connectivity index (χ4n) is 5.63. The Morgan fingerprint density at radius 3 is 2.22 bits per heavy atom. The standard InChI is InChI=1S/C32H16Cl2O2/c33-18-12-14-27-24(15-18)25-16-23(19-6-1-2-7-21(19)31(25)35-27)20-8-3-5-17-11-13-22-30-26(34)9-4-10-28(30)36-32(22)29(17)20/h1-16H. The van der Waals surface area contributed by atoms with E-state index in [-0.39, 0.29) is 0 Å². The van der Waals surface area contributed by atoms with E-state index in [4.69, 9.17) is 32.0 Å². The van der Waals surface area contributed by atoms with E-state index in [9.17, 15) is 0 Å². The average molecular weight is 503 g/mol. The minimum absolute atomic E-state index is 0.686. The topological polar surface area (TPSA) is 26.3 Å². The maximum absolute atomic E-state index is 6.60. The molecule has 0 atom stereocenters. The van der Waals surface area contributed by atoms with E-state index in [0.29, 0.717) is 10.0 Å². The molecule has 0 N–H and O–H groups in total. The van der Waals surface area contributed by atoms with Crippen LogP contribution in [0.15, 0.2) is 106 Å². The molecule has 36 heavy (non-hydrogen) atoms. The van der Waals surface area contributed by atoms with Crippen LogP contribution in [0.4, 0.5) is 0 Å². The van der Waals surface area contributed by atoms with Gasteiger partial charge in [0, 0.05) is 37.3 Å². The van der Waals surface area contributed by atoms with Crippen LogP contribution in [0.25, 0.3) is 76.5 Å². The van der Waals surface area contributed by atoms with Gasteiger partial charge in [0.25, 0.3) is 0 Å². The summed E-state index contributed by atoms with van der Waals surface area (Å²) in [4.78, 5) is 0. The van der Waals surface area contributed by atoms with E-state index in [0.717, 1.165) is 76.5 Å². The van der Waals surface area contributed by atoms with Crippen molar-refractivity contribution in [3.8, 4) is 11.1 Å². The summed E-state index contributed by atoms with van der Waals surface area (Å²) in [5.41, 5.74) is 5.54. The zero-order chi connectivity index (χ0) is 24.0. The lowest BCUT2D eigenvalue weighted by Gasteiger charge is -2.12. The van der Waals surface area contributed by atoms with Crippen LogP contribution in [0.3, 0.4) is 0 Å².